The number of pyridine rings is 1. The van der Waals surface area contributed by atoms with Gasteiger partial charge in [0.1, 0.15) is 24.7 Å². The molecule has 1 atom stereocenters. The smallest absolute Gasteiger partial charge is 0.347 e. The minimum absolute atomic E-state index is 0.0307. The molecule has 0 saturated carbocycles. The van der Waals surface area contributed by atoms with Crippen LogP contribution in [0.3, 0.4) is 0 Å². The average Bonchev–Trinajstić information content (AvgIpc) is 3.04. The number of rotatable bonds is 16. The molecular weight excluding hydrogens is 605 g/mol. The van der Waals surface area contributed by atoms with Crippen LogP contribution in [-0.4, -0.2) is 45.0 Å². The van der Waals surface area contributed by atoms with Crippen LogP contribution in [0.5, 0.6) is 11.5 Å². The molecule has 1 N–H and O–H groups in total. The van der Waals surface area contributed by atoms with Crippen molar-refractivity contribution in [2.24, 2.45) is 0 Å². The van der Waals surface area contributed by atoms with Crippen LogP contribution in [0.15, 0.2) is 104 Å². The molecule has 7 nitrogen and oxygen atoms in total. The first-order valence-corrected chi connectivity index (χ1v) is 19.8. The number of aromatic nitrogens is 1. The SMILES string of the molecule is C=C(NOCCOc1ccc(CC(Oc2ccc(C(C)(C)C)cc2)C(=O)OCC[Si](C)(C)C)cc1)c1ccc(-c2ccccn2)cc1. The Bertz CT molecular complexity index is 1560. The second-order valence-electron chi connectivity index (χ2n) is 13.8. The molecule has 0 aliphatic rings. The molecule has 0 fully saturated rings. The highest BCUT2D eigenvalue weighted by molar-refractivity contribution is 6.76. The number of hydroxylamine groups is 1. The van der Waals surface area contributed by atoms with Gasteiger partial charge in [-0.2, -0.15) is 0 Å². The van der Waals surface area contributed by atoms with Gasteiger partial charge in [0, 0.05) is 26.3 Å². The summed E-state index contributed by atoms with van der Waals surface area (Å²) in [6.07, 6.45) is 1.40. The Morgan fingerprint density at radius 2 is 1.53 bits per heavy atom. The molecule has 0 radical (unpaired) electrons. The first-order chi connectivity index (χ1) is 22.4. The molecule has 248 valence electrons. The Labute approximate surface area is 280 Å². The molecular formula is C39H48N2O5Si. The summed E-state index contributed by atoms with van der Waals surface area (Å²) in [6.45, 7) is 18.4. The Hall–Kier alpha value is -4.40. The maximum Gasteiger partial charge on any atom is 0.347 e. The number of nitrogens with zero attached hydrogens (tertiary/aromatic N) is 1. The minimum atomic E-state index is -1.34. The highest BCUT2D eigenvalue weighted by Gasteiger charge is 2.24. The fraction of sp³-hybridized carbons (Fsp3) is 0.333. The monoisotopic (exact) mass is 652 g/mol. The van der Waals surface area contributed by atoms with Crippen LogP contribution in [0.1, 0.15) is 37.5 Å². The fourth-order valence-corrected chi connectivity index (χ4v) is 5.35. The van der Waals surface area contributed by atoms with Gasteiger partial charge in [-0.3, -0.25) is 15.3 Å². The Balaban J connectivity index is 1.26. The van der Waals surface area contributed by atoms with Crippen LogP contribution < -0.4 is 15.0 Å². The quantitative estimate of drug-likeness (QED) is 0.0563. The maximum atomic E-state index is 13.2. The van der Waals surface area contributed by atoms with Crippen molar-refractivity contribution in [2.45, 2.75) is 64.4 Å². The van der Waals surface area contributed by atoms with Crippen molar-refractivity contribution in [3.05, 3.63) is 120 Å². The van der Waals surface area contributed by atoms with E-state index in [1.807, 2.05) is 91.0 Å². The van der Waals surface area contributed by atoms with Gasteiger partial charge in [0.15, 0.2) is 6.10 Å². The lowest BCUT2D eigenvalue weighted by Gasteiger charge is -2.22. The van der Waals surface area contributed by atoms with Crippen LogP contribution in [0.4, 0.5) is 0 Å². The summed E-state index contributed by atoms with van der Waals surface area (Å²) in [5.41, 5.74) is 8.60. The summed E-state index contributed by atoms with van der Waals surface area (Å²) in [6, 6.07) is 30.3. The standard InChI is InChI=1S/C39H48N2O5Si/c1-29(31-13-15-32(16-14-31)36-10-8-9-23-40-36)41-45-25-24-43-34-19-11-30(12-20-34)28-37(38(42)44-26-27-47(5,6)7)46-35-21-17-33(18-22-35)39(2,3)4/h8-23,37,41H,1,24-28H2,2-7H3. The van der Waals surface area contributed by atoms with Crippen molar-refractivity contribution in [2.75, 3.05) is 19.8 Å². The molecule has 0 spiro atoms. The Morgan fingerprint density at radius 3 is 2.15 bits per heavy atom. The van der Waals surface area contributed by atoms with Crippen molar-refractivity contribution in [1.82, 2.24) is 10.5 Å². The van der Waals surface area contributed by atoms with Crippen molar-refractivity contribution in [3.8, 4) is 22.8 Å². The molecule has 1 aromatic heterocycles. The Morgan fingerprint density at radius 1 is 0.851 bits per heavy atom. The van der Waals surface area contributed by atoms with E-state index < -0.39 is 14.2 Å². The third kappa shape index (κ3) is 11.7. The van der Waals surface area contributed by atoms with E-state index in [-0.39, 0.29) is 11.4 Å². The van der Waals surface area contributed by atoms with Crippen LogP contribution in [-0.2, 0) is 26.2 Å². The summed E-state index contributed by atoms with van der Waals surface area (Å²) in [5, 5.41) is 0. The lowest BCUT2D eigenvalue weighted by molar-refractivity contribution is -0.151. The van der Waals surface area contributed by atoms with E-state index >= 15 is 0 Å². The van der Waals surface area contributed by atoms with Gasteiger partial charge in [0.25, 0.3) is 0 Å². The van der Waals surface area contributed by atoms with Crippen LogP contribution in [0.25, 0.3) is 17.0 Å². The molecule has 4 rings (SSSR count). The van der Waals surface area contributed by atoms with Gasteiger partial charge in [-0.1, -0.05) is 102 Å². The normalized spacial score (nSPS) is 12.2. The van der Waals surface area contributed by atoms with Gasteiger partial charge >= 0.3 is 5.97 Å². The summed E-state index contributed by atoms with van der Waals surface area (Å²) < 4.78 is 17.8. The zero-order chi connectivity index (χ0) is 33.9. The highest BCUT2D eigenvalue weighted by atomic mass is 28.3. The van der Waals surface area contributed by atoms with Gasteiger partial charge in [-0.15, -0.1) is 0 Å². The first-order valence-electron chi connectivity index (χ1n) is 16.1. The molecule has 8 heteroatoms. The lowest BCUT2D eigenvalue weighted by atomic mass is 9.87. The maximum absolute atomic E-state index is 13.2. The average molecular weight is 653 g/mol. The predicted molar refractivity (Wildman–Crippen MR) is 192 cm³/mol. The molecule has 0 aliphatic carbocycles. The van der Waals surface area contributed by atoms with Crippen LogP contribution in [0.2, 0.25) is 25.7 Å². The molecule has 3 aromatic carbocycles. The van der Waals surface area contributed by atoms with Gasteiger partial charge in [-0.25, -0.2) is 4.79 Å². The first kappa shape index (κ1) is 35.5. The number of benzene rings is 3. The van der Waals surface area contributed by atoms with Gasteiger partial charge in [0.05, 0.1) is 18.0 Å². The summed E-state index contributed by atoms with van der Waals surface area (Å²) in [7, 11) is -1.34. The van der Waals surface area contributed by atoms with Crippen molar-refractivity contribution >= 4 is 19.7 Å². The molecule has 1 heterocycles. The van der Waals surface area contributed by atoms with E-state index in [9.17, 15) is 4.79 Å². The lowest BCUT2D eigenvalue weighted by Crippen LogP contribution is -2.33. The summed E-state index contributed by atoms with van der Waals surface area (Å²) in [4.78, 5) is 23.1. The third-order valence-electron chi connectivity index (χ3n) is 7.55. The molecule has 0 bridgehead atoms. The number of nitrogens with one attached hydrogen (secondary N) is 1. The number of carbonyl (C=O) groups excluding carboxylic acids is 1. The molecule has 0 amide bonds. The van der Waals surface area contributed by atoms with Crippen LogP contribution in [0, 0.1) is 0 Å². The van der Waals surface area contributed by atoms with Crippen molar-refractivity contribution in [1.29, 1.82) is 0 Å². The zero-order valence-electron chi connectivity index (χ0n) is 28.5. The van der Waals surface area contributed by atoms with E-state index in [1.54, 1.807) is 6.20 Å². The predicted octanol–water partition coefficient (Wildman–Crippen LogP) is 8.49. The van der Waals surface area contributed by atoms with E-state index in [1.165, 1.54) is 5.56 Å². The van der Waals surface area contributed by atoms with Gasteiger partial charge in [-0.05, 0) is 64.5 Å². The fourth-order valence-electron chi connectivity index (χ4n) is 4.63. The summed E-state index contributed by atoms with van der Waals surface area (Å²) in [5.74, 6) is 0.996. The second kappa shape index (κ2) is 16.4. The molecule has 4 aromatic rings. The number of esters is 1. The number of hydrogen-bond donors (Lipinski definition) is 1. The van der Waals surface area contributed by atoms with E-state index in [0.29, 0.717) is 43.4 Å². The Kier molecular flexibility index (Phi) is 12.4. The molecule has 1 unspecified atom stereocenters. The second-order valence-corrected chi connectivity index (χ2v) is 19.4. The van der Waals surface area contributed by atoms with Gasteiger partial charge in [0.2, 0.25) is 0 Å². The third-order valence-corrected chi connectivity index (χ3v) is 9.25. The van der Waals surface area contributed by atoms with Gasteiger partial charge < -0.3 is 14.2 Å². The van der Waals surface area contributed by atoms with E-state index in [4.69, 9.17) is 19.0 Å². The van der Waals surface area contributed by atoms with Crippen LogP contribution >= 0.6 is 0 Å². The highest BCUT2D eigenvalue weighted by Crippen LogP contribution is 2.26. The van der Waals surface area contributed by atoms with E-state index in [2.05, 4.69) is 57.5 Å². The molecule has 0 aliphatic heterocycles. The van der Waals surface area contributed by atoms with E-state index in [0.717, 1.165) is 28.4 Å². The molecule has 47 heavy (non-hydrogen) atoms. The molecule has 0 saturated heterocycles. The van der Waals surface area contributed by atoms with Crippen molar-refractivity contribution < 1.29 is 23.8 Å². The number of carbonyl (C=O) groups is 1. The van der Waals surface area contributed by atoms with Crippen molar-refractivity contribution in [3.63, 3.8) is 0 Å². The topological polar surface area (TPSA) is 78.9 Å². The minimum Gasteiger partial charge on any atom is -0.491 e. The zero-order valence-corrected chi connectivity index (χ0v) is 29.5. The number of hydrogen-bond acceptors (Lipinski definition) is 7. The number of ether oxygens (including phenoxy) is 3. The largest absolute Gasteiger partial charge is 0.491 e. The summed E-state index contributed by atoms with van der Waals surface area (Å²) >= 11 is 0.